The summed E-state index contributed by atoms with van der Waals surface area (Å²) < 4.78 is 47.8. The summed E-state index contributed by atoms with van der Waals surface area (Å²) in [7, 11) is -5.12. The third-order valence-corrected chi connectivity index (χ3v) is 14.9. The van der Waals surface area contributed by atoms with Crippen molar-refractivity contribution in [1.82, 2.24) is 5.32 Å². The molecular weight excluding hydrogens is 923 g/mol. The monoisotopic (exact) mass is 1030 g/mol. The predicted molar refractivity (Wildman–Crippen MR) is 288 cm³/mol. The average Bonchev–Trinajstić information content (AvgIpc) is 3.35. The minimum atomic E-state index is -5.12. The van der Waals surface area contributed by atoms with Crippen molar-refractivity contribution in [2.24, 2.45) is 0 Å². The fourth-order valence-corrected chi connectivity index (χ4v) is 10.3. The third-order valence-electron chi connectivity index (χ3n) is 14.4. The first-order valence-electron chi connectivity index (χ1n) is 29.7. The maximum absolute atomic E-state index is 13.2. The molecule has 0 aliphatic carbocycles. The molecule has 0 spiro atoms. The highest BCUT2D eigenvalue weighted by Gasteiger charge is 2.48. The number of carbonyl (C=O) groups is 1. The highest BCUT2D eigenvalue weighted by atomic mass is 32.3. The molecule has 14 heteroatoms. The second-order valence-corrected chi connectivity index (χ2v) is 22.1. The number of aliphatic hydroxyl groups is 5. The lowest BCUT2D eigenvalue weighted by Gasteiger charge is -2.41. The minimum Gasteiger partial charge on any atom is -0.394 e. The normalized spacial score (nSPS) is 19.9. The maximum atomic E-state index is 13.2. The Morgan fingerprint density at radius 3 is 1.27 bits per heavy atom. The molecule has 1 aliphatic rings. The summed E-state index contributed by atoms with van der Waals surface area (Å²) in [5.74, 6) is -0.695. The predicted octanol–water partition coefficient (Wildman–Crippen LogP) is 12.8. The van der Waals surface area contributed by atoms with Gasteiger partial charge in [0.2, 0.25) is 5.91 Å². The summed E-state index contributed by atoms with van der Waals surface area (Å²) in [6, 6.07) is -1.12. The SMILES string of the molecule is CCCCCCCCCCCCCCCCCCCCC/C=C/C(O)C(COC1OC(CO)C(O)C(OS(=O)(=O)O)C1O)NC(=O)C(O)CCCCCCCCCCCCCCCCCCCCCCC. The van der Waals surface area contributed by atoms with Crippen LogP contribution in [-0.2, 0) is 28.9 Å². The highest BCUT2D eigenvalue weighted by Crippen LogP contribution is 2.26. The van der Waals surface area contributed by atoms with Crippen LogP contribution >= 0.6 is 0 Å². The van der Waals surface area contributed by atoms with Gasteiger partial charge in [0.1, 0.15) is 30.5 Å². The van der Waals surface area contributed by atoms with E-state index in [1.807, 2.05) is 6.08 Å². The number of carbonyl (C=O) groups excluding carboxylic acids is 1. The Morgan fingerprint density at radius 1 is 0.563 bits per heavy atom. The second-order valence-electron chi connectivity index (χ2n) is 21.1. The topological polar surface area (TPSA) is 212 Å². The van der Waals surface area contributed by atoms with Gasteiger partial charge in [-0.25, -0.2) is 4.18 Å². The lowest BCUT2D eigenvalue weighted by molar-refractivity contribution is -0.298. The Balaban J connectivity index is 2.42. The molecular formula is C57H111NO12S. The first-order valence-corrected chi connectivity index (χ1v) is 31.0. The average molecular weight is 1030 g/mol. The molecule has 1 rings (SSSR count). The van der Waals surface area contributed by atoms with Gasteiger partial charge in [-0.15, -0.1) is 0 Å². The molecule has 0 aromatic heterocycles. The summed E-state index contributed by atoms with van der Waals surface area (Å²) in [5, 5.41) is 55.6. The van der Waals surface area contributed by atoms with E-state index < -0.39 is 78.5 Å². The number of ether oxygens (including phenoxy) is 2. The van der Waals surface area contributed by atoms with Gasteiger partial charge in [-0.2, -0.15) is 8.42 Å². The number of allylic oxidation sites excluding steroid dienone is 1. The van der Waals surface area contributed by atoms with Crippen LogP contribution in [0.25, 0.3) is 0 Å². The molecule has 0 aromatic carbocycles. The molecule has 7 N–H and O–H groups in total. The van der Waals surface area contributed by atoms with Crippen LogP contribution in [0.1, 0.15) is 284 Å². The van der Waals surface area contributed by atoms with Crippen molar-refractivity contribution >= 4 is 16.3 Å². The van der Waals surface area contributed by atoms with E-state index in [-0.39, 0.29) is 6.42 Å². The maximum Gasteiger partial charge on any atom is 0.397 e. The quantitative estimate of drug-likeness (QED) is 0.0172. The first kappa shape index (κ1) is 67.8. The molecule has 0 saturated carbocycles. The van der Waals surface area contributed by atoms with E-state index >= 15 is 0 Å². The Labute approximate surface area is 434 Å². The van der Waals surface area contributed by atoms with E-state index in [0.29, 0.717) is 12.8 Å². The van der Waals surface area contributed by atoms with E-state index in [1.165, 1.54) is 212 Å². The van der Waals surface area contributed by atoms with Gasteiger partial charge in [0.25, 0.3) is 0 Å². The van der Waals surface area contributed by atoms with Crippen LogP contribution in [0.4, 0.5) is 0 Å². The lowest BCUT2D eigenvalue weighted by atomic mass is 9.99. The van der Waals surface area contributed by atoms with Crippen LogP contribution in [0.2, 0.25) is 0 Å². The van der Waals surface area contributed by atoms with E-state index in [2.05, 4.69) is 23.3 Å². The van der Waals surface area contributed by atoms with E-state index in [4.69, 9.17) is 9.47 Å². The number of hydrogen-bond donors (Lipinski definition) is 7. The summed E-state index contributed by atoms with van der Waals surface area (Å²) in [6.07, 6.45) is 44.3. The van der Waals surface area contributed by atoms with Crippen molar-refractivity contribution in [2.45, 2.75) is 332 Å². The van der Waals surface area contributed by atoms with Gasteiger partial charge in [0.15, 0.2) is 6.29 Å². The zero-order valence-corrected chi connectivity index (χ0v) is 46.2. The number of hydrogen-bond acceptors (Lipinski definition) is 11. The molecule has 8 unspecified atom stereocenters. The highest BCUT2D eigenvalue weighted by molar-refractivity contribution is 7.80. The summed E-state index contributed by atoms with van der Waals surface area (Å²) in [5.41, 5.74) is 0. The molecule has 1 saturated heterocycles. The van der Waals surface area contributed by atoms with Gasteiger partial charge in [0, 0.05) is 0 Å². The molecule has 0 aromatic rings. The Hall–Kier alpha value is -1.20. The van der Waals surface area contributed by atoms with Gasteiger partial charge >= 0.3 is 10.4 Å². The molecule has 1 amide bonds. The fourth-order valence-electron chi connectivity index (χ4n) is 9.76. The van der Waals surface area contributed by atoms with Crippen LogP contribution in [0, 0.1) is 0 Å². The molecule has 1 aliphatic heterocycles. The van der Waals surface area contributed by atoms with Crippen molar-refractivity contribution in [3.63, 3.8) is 0 Å². The largest absolute Gasteiger partial charge is 0.397 e. The lowest BCUT2D eigenvalue weighted by Crippen LogP contribution is -2.61. The number of aliphatic hydroxyl groups excluding tert-OH is 5. The number of nitrogens with one attached hydrogen (secondary N) is 1. The van der Waals surface area contributed by atoms with Crippen LogP contribution < -0.4 is 5.32 Å². The van der Waals surface area contributed by atoms with Crippen molar-refractivity contribution < 1.29 is 57.0 Å². The van der Waals surface area contributed by atoms with Crippen molar-refractivity contribution in [2.75, 3.05) is 13.2 Å². The number of amides is 1. The van der Waals surface area contributed by atoms with Gasteiger partial charge in [-0.1, -0.05) is 276 Å². The third kappa shape index (κ3) is 38.9. The molecule has 422 valence electrons. The minimum absolute atomic E-state index is 0.249. The van der Waals surface area contributed by atoms with Crippen molar-refractivity contribution in [3.05, 3.63) is 12.2 Å². The van der Waals surface area contributed by atoms with Crippen molar-refractivity contribution in [3.8, 4) is 0 Å². The molecule has 1 fully saturated rings. The standard InChI is InChI=1S/C57H111NO12S/c1-3-5-7-9-11-13-15-17-19-21-23-25-27-29-31-33-35-37-39-41-43-45-50(60)49(48-68-57-54(63)55(70-71(65,66)67)53(62)52(47-59)69-57)58-56(64)51(61)46-44-42-40-38-36-34-32-30-28-26-24-22-20-18-16-14-12-10-8-6-4-2/h43,45,49-55,57,59-63H,3-42,44,46-48H2,1-2H3,(H,58,64)(H,65,66,67)/b45-43+. The number of rotatable bonds is 52. The molecule has 71 heavy (non-hydrogen) atoms. The van der Waals surface area contributed by atoms with Crippen LogP contribution in [0.5, 0.6) is 0 Å². The van der Waals surface area contributed by atoms with Gasteiger partial charge < -0.3 is 40.3 Å². The van der Waals surface area contributed by atoms with E-state index in [1.54, 1.807) is 6.08 Å². The first-order chi connectivity index (χ1) is 34.4. The van der Waals surface area contributed by atoms with Crippen LogP contribution in [0.3, 0.4) is 0 Å². The molecule has 0 radical (unpaired) electrons. The smallest absolute Gasteiger partial charge is 0.394 e. The molecule has 1 heterocycles. The summed E-state index contributed by atoms with van der Waals surface area (Å²) in [6.45, 7) is 3.28. The fraction of sp³-hybridized carbons (Fsp3) is 0.947. The Morgan fingerprint density at radius 2 is 0.915 bits per heavy atom. The summed E-state index contributed by atoms with van der Waals surface area (Å²) >= 11 is 0. The van der Waals surface area contributed by atoms with Gasteiger partial charge in [-0.3, -0.25) is 9.35 Å². The Kier molecular flexibility index (Phi) is 45.1. The van der Waals surface area contributed by atoms with Crippen molar-refractivity contribution in [1.29, 1.82) is 0 Å². The number of unbranched alkanes of at least 4 members (excludes halogenated alkanes) is 39. The summed E-state index contributed by atoms with van der Waals surface area (Å²) in [4.78, 5) is 13.2. The van der Waals surface area contributed by atoms with Gasteiger partial charge in [0.05, 0.1) is 25.4 Å². The van der Waals surface area contributed by atoms with E-state index in [0.717, 1.165) is 38.5 Å². The van der Waals surface area contributed by atoms with Crippen LogP contribution in [-0.4, -0.2) is 107 Å². The van der Waals surface area contributed by atoms with Crippen LogP contribution in [0.15, 0.2) is 12.2 Å². The van der Waals surface area contributed by atoms with Gasteiger partial charge in [-0.05, 0) is 19.3 Å². The zero-order chi connectivity index (χ0) is 52.1. The van der Waals surface area contributed by atoms with E-state index in [9.17, 15) is 43.3 Å². The Bertz CT molecular complexity index is 1320. The second kappa shape index (κ2) is 47.3. The molecule has 8 atom stereocenters. The zero-order valence-electron chi connectivity index (χ0n) is 45.4. The molecule has 0 bridgehead atoms. The molecule has 13 nitrogen and oxygen atoms in total.